The van der Waals surface area contributed by atoms with Crippen LogP contribution < -0.4 is 4.72 Å². The summed E-state index contributed by atoms with van der Waals surface area (Å²) in [6.07, 6.45) is 1.21. The standard InChI is InChI=1S/C12H17Cl2N3O3S/c1-3-17(4-2)11(18)5-6-16-21(19,20)9-7-10(13)12(14)15-8-9/h7-8,16H,3-6H2,1-2H3. The molecule has 118 valence electrons. The van der Waals surface area contributed by atoms with Crippen LogP contribution in [0.5, 0.6) is 0 Å². The highest BCUT2D eigenvalue weighted by Crippen LogP contribution is 2.21. The zero-order valence-corrected chi connectivity index (χ0v) is 14.1. The van der Waals surface area contributed by atoms with Gasteiger partial charge in [-0.15, -0.1) is 0 Å². The van der Waals surface area contributed by atoms with Crippen LogP contribution >= 0.6 is 23.2 Å². The van der Waals surface area contributed by atoms with E-state index in [0.717, 1.165) is 6.20 Å². The number of nitrogens with zero attached hydrogens (tertiary/aromatic N) is 2. The third kappa shape index (κ3) is 5.10. The average molecular weight is 354 g/mol. The van der Waals surface area contributed by atoms with Crippen molar-refractivity contribution in [3.63, 3.8) is 0 Å². The molecule has 0 saturated carbocycles. The summed E-state index contributed by atoms with van der Waals surface area (Å²) >= 11 is 11.4. The van der Waals surface area contributed by atoms with Crippen molar-refractivity contribution in [1.29, 1.82) is 0 Å². The van der Waals surface area contributed by atoms with Crippen molar-refractivity contribution in [3.8, 4) is 0 Å². The SMILES string of the molecule is CCN(CC)C(=O)CCNS(=O)(=O)c1cnc(Cl)c(Cl)c1. The smallest absolute Gasteiger partial charge is 0.242 e. The van der Waals surface area contributed by atoms with Gasteiger partial charge in [-0.3, -0.25) is 4.79 Å². The second-order valence-electron chi connectivity index (χ2n) is 4.16. The predicted molar refractivity (Wildman–Crippen MR) is 82.0 cm³/mol. The Kier molecular flexibility index (Phi) is 6.86. The molecule has 9 heteroatoms. The zero-order chi connectivity index (χ0) is 16.0. The van der Waals surface area contributed by atoms with E-state index in [1.54, 1.807) is 4.90 Å². The van der Waals surface area contributed by atoms with E-state index in [1.165, 1.54) is 6.07 Å². The quantitative estimate of drug-likeness (QED) is 0.759. The topological polar surface area (TPSA) is 79.4 Å². The summed E-state index contributed by atoms with van der Waals surface area (Å²) < 4.78 is 26.4. The van der Waals surface area contributed by atoms with Crippen LogP contribution in [0.3, 0.4) is 0 Å². The first-order chi connectivity index (χ1) is 9.81. The molecule has 0 spiro atoms. The maximum Gasteiger partial charge on any atom is 0.242 e. The van der Waals surface area contributed by atoms with Crippen LogP contribution in [-0.2, 0) is 14.8 Å². The van der Waals surface area contributed by atoms with Crippen molar-refractivity contribution in [1.82, 2.24) is 14.6 Å². The van der Waals surface area contributed by atoms with Crippen LogP contribution in [0.25, 0.3) is 0 Å². The Morgan fingerprint density at radius 1 is 1.33 bits per heavy atom. The monoisotopic (exact) mass is 353 g/mol. The molecule has 0 radical (unpaired) electrons. The lowest BCUT2D eigenvalue weighted by atomic mass is 10.3. The summed E-state index contributed by atoms with van der Waals surface area (Å²) in [7, 11) is -3.76. The normalized spacial score (nSPS) is 11.4. The summed E-state index contributed by atoms with van der Waals surface area (Å²) in [5.74, 6) is -0.102. The molecule has 0 bridgehead atoms. The molecule has 1 aromatic heterocycles. The summed E-state index contributed by atoms with van der Waals surface area (Å²) in [5.41, 5.74) is 0. The molecular formula is C12H17Cl2N3O3S. The molecule has 6 nitrogen and oxygen atoms in total. The number of aromatic nitrogens is 1. The fourth-order valence-corrected chi connectivity index (χ4v) is 3.00. The van der Waals surface area contributed by atoms with Gasteiger partial charge in [-0.25, -0.2) is 18.1 Å². The summed E-state index contributed by atoms with van der Waals surface area (Å²) in [6, 6.07) is 1.21. The maximum atomic E-state index is 12.0. The number of sulfonamides is 1. The Balaban J connectivity index is 2.65. The number of rotatable bonds is 7. The van der Waals surface area contributed by atoms with Crippen LogP contribution in [0.2, 0.25) is 10.2 Å². The predicted octanol–water partition coefficient (Wildman–Crippen LogP) is 1.93. The van der Waals surface area contributed by atoms with Gasteiger partial charge >= 0.3 is 0 Å². The van der Waals surface area contributed by atoms with Gasteiger partial charge < -0.3 is 4.90 Å². The van der Waals surface area contributed by atoms with E-state index in [0.29, 0.717) is 13.1 Å². The summed E-state index contributed by atoms with van der Waals surface area (Å²) in [4.78, 5) is 17.0. The Labute approximate surface area is 134 Å². The zero-order valence-electron chi connectivity index (χ0n) is 11.8. The third-order valence-electron chi connectivity index (χ3n) is 2.83. The first kappa shape index (κ1) is 18.2. The molecule has 0 aromatic carbocycles. The molecule has 1 heterocycles. The molecular weight excluding hydrogens is 337 g/mol. The maximum absolute atomic E-state index is 12.0. The molecule has 1 aromatic rings. The van der Waals surface area contributed by atoms with Crippen molar-refractivity contribution in [2.75, 3.05) is 19.6 Å². The number of amides is 1. The second kappa shape index (κ2) is 7.93. The summed E-state index contributed by atoms with van der Waals surface area (Å²) in [6.45, 7) is 4.94. The van der Waals surface area contributed by atoms with Crippen LogP contribution in [0.1, 0.15) is 20.3 Å². The van der Waals surface area contributed by atoms with E-state index < -0.39 is 10.0 Å². The molecule has 0 aliphatic carbocycles. The minimum Gasteiger partial charge on any atom is -0.343 e. The van der Waals surface area contributed by atoms with Crippen molar-refractivity contribution in [2.24, 2.45) is 0 Å². The molecule has 0 aliphatic heterocycles. The fourth-order valence-electron chi connectivity index (χ4n) is 1.66. The van der Waals surface area contributed by atoms with Gasteiger partial charge in [0.15, 0.2) is 0 Å². The number of hydrogen-bond donors (Lipinski definition) is 1. The number of carbonyl (C=O) groups is 1. The lowest BCUT2D eigenvalue weighted by molar-refractivity contribution is -0.130. The van der Waals surface area contributed by atoms with Crippen LogP contribution in [0, 0.1) is 0 Å². The molecule has 0 saturated heterocycles. The molecule has 21 heavy (non-hydrogen) atoms. The molecule has 1 N–H and O–H groups in total. The molecule has 0 unspecified atom stereocenters. The number of nitrogens with one attached hydrogen (secondary N) is 1. The van der Waals surface area contributed by atoms with Gasteiger partial charge in [0.1, 0.15) is 10.0 Å². The second-order valence-corrected chi connectivity index (χ2v) is 6.69. The van der Waals surface area contributed by atoms with Gasteiger partial charge in [-0.1, -0.05) is 23.2 Å². The highest BCUT2D eigenvalue weighted by Gasteiger charge is 2.17. The molecule has 0 aliphatic rings. The highest BCUT2D eigenvalue weighted by molar-refractivity contribution is 7.89. The molecule has 0 fully saturated rings. The van der Waals surface area contributed by atoms with E-state index >= 15 is 0 Å². The fraction of sp³-hybridized carbons (Fsp3) is 0.500. The summed E-state index contributed by atoms with van der Waals surface area (Å²) in [5, 5.41) is 0.0890. The number of pyridine rings is 1. The number of carbonyl (C=O) groups excluding carboxylic acids is 1. The van der Waals surface area contributed by atoms with Gasteiger partial charge in [0.05, 0.1) is 5.02 Å². The largest absolute Gasteiger partial charge is 0.343 e. The third-order valence-corrected chi connectivity index (χ3v) is 4.94. The van der Waals surface area contributed by atoms with Crippen molar-refractivity contribution in [3.05, 3.63) is 22.4 Å². The van der Waals surface area contributed by atoms with Gasteiger partial charge in [0.25, 0.3) is 0 Å². The van der Waals surface area contributed by atoms with E-state index in [4.69, 9.17) is 23.2 Å². The minimum atomic E-state index is -3.76. The van der Waals surface area contributed by atoms with Crippen LogP contribution in [0.4, 0.5) is 0 Å². The Morgan fingerprint density at radius 3 is 2.48 bits per heavy atom. The van der Waals surface area contributed by atoms with E-state index in [9.17, 15) is 13.2 Å². The highest BCUT2D eigenvalue weighted by atomic mass is 35.5. The first-order valence-electron chi connectivity index (χ1n) is 6.40. The Bertz CT molecular complexity index is 604. The molecule has 0 atom stereocenters. The van der Waals surface area contributed by atoms with Gasteiger partial charge in [0.2, 0.25) is 15.9 Å². The van der Waals surface area contributed by atoms with Crippen molar-refractivity contribution < 1.29 is 13.2 Å². The van der Waals surface area contributed by atoms with Crippen molar-refractivity contribution in [2.45, 2.75) is 25.2 Å². The van der Waals surface area contributed by atoms with Gasteiger partial charge in [-0.2, -0.15) is 0 Å². The van der Waals surface area contributed by atoms with E-state index in [2.05, 4.69) is 9.71 Å². The van der Waals surface area contributed by atoms with E-state index in [1.807, 2.05) is 13.8 Å². The Morgan fingerprint density at radius 2 is 1.95 bits per heavy atom. The Hall–Kier alpha value is -0.890. The van der Waals surface area contributed by atoms with Crippen LogP contribution in [-0.4, -0.2) is 43.8 Å². The van der Waals surface area contributed by atoms with Gasteiger partial charge in [-0.05, 0) is 19.9 Å². The number of halogens is 2. The first-order valence-corrected chi connectivity index (χ1v) is 8.64. The lowest BCUT2D eigenvalue weighted by Gasteiger charge is -2.18. The van der Waals surface area contributed by atoms with Gasteiger partial charge in [0, 0.05) is 32.3 Å². The average Bonchev–Trinajstić information content (AvgIpc) is 2.43. The van der Waals surface area contributed by atoms with E-state index in [-0.39, 0.29) is 33.9 Å². The van der Waals surface area contributed by atoms with Crippen LogP contribution in [0.15, 0.2) is 17.2 Å². The minimum absolute atomic E-state index is 0.0118. The molecule has 1 amide bonds. The number of hydrogen-bond acceptors (Lipinski definition) is 4. The lowest BCUT2D eigenvalue weighted by Crippen LogP contribution is -2.34. The van der Waals surface area contributed by atoms with Crippen molar-refractivity contribution >= 4 is 39.1 Å². The molecule has 1 rings (SSSR count).